The minimum absolute atomic E-state index is 0.0344. The van der Waals surface area contributed by atoms with E-state index in [9.17, 15) is 8.42 Å². The Kier molecular flexibility index (Phi) is 5.00. The van der Waals surface area contributed by atoms with E-state index in [1.807, 2.05) is 0 Å². The molecule has 1 N–H and O–H groups in total. The first kappa shape index (κ1) is 16.7. The highest BCUT2D eigenvalue weighted by atomic mass is 35.5. The van der Waals surface area contributed by atoms with Crippen LogP contribution in [0.4, 0.5) is 5.69 Å². The third-order valence-corrected chi connectivity index (χ3v) is 4.60. The monoisotopic (exact) mass is 362 g/mol. The Hall–Kier alpha value is -1.70. The topological polar surface area (TPSA) is 77.5 Å². The summed E-state index contributed by atoms with van der Waals surface area (Å²) in [5, 5.41) is 0.500. The highest BCUT2D eigenvalue weighted by Gasteiger charge is 2.19. The van der Waals surface area contributed by atoms with Crippen LogP contribution in [0, 0.1) is 0 Å². The molecule has 1 aromatic carbocycles. The van der Waals surface area contributed by atoms with Crippen LogP contribution in [0.2, 0.25) is 10.2 Å². The van der Waals surface area contributed by atoms with Crippen molar-refractivity contribution in [2.45, 2.75) is 4.90 Å². The summed E-state index contributed by atoms with van der Waals surface area (Å²) >= 11 is 11.6. The van der Waals surface area contributed by atoms with E-state index in [0.717, 1.165) is 6.20 Å². The first-order valence-electron chi connectivity index (χ1n) is 5.93. The van der Waals surface area contributed by atoms with Crippen molar-refractivity contribution in [2.75, 3.05) is 18.9 Å². The smallest absolute Gasteiger partial charge is 0.263 e. The largest absolute Gasteiger partial charge is 0.495 e. The molecule has 0 aliphatic heterocycles. The van der Waals surface area contributed by atoms with Crippen LogP contribution in [-0.4, -0.2) is 27.6 Å². The second-order valence-electron chi connectivity index (χ2n) is 4.11. The lowest BCUT2D eigenvalue weighted by Gasteiger charge is -2.14. The zero-order valence-corrected chi connectivity index (χ0v) is 14.0. The van der Waals surface area contributed by atoms with Crippen LogP contribution in [0.25, 0.3) is 0 Å². The van der Waals surface area contributed by atoms with Crippen LogP contribution in [0.3, 0.4) is 0 Å². The Morgan fingerprint density at radius 1 is 1.09 bits per heavy atom. The van der Waals surface area contributed by atoms with Crippen molar-refractivity contribution in [3.05, 3.63) is 40.6 Å². The number of pyridine rings is 1. The SMILES string of the molecule is COc1cc(NS(=O)(=O)c2ccc(Cl)nc2)c(OC)cc1Cl. The van der Waals surface area contributed by atoms with Crippen LogP contribution >= 0.6 is 23.2 Å². The molecule has 0 saturated heterocycles. The van der Waals surface area contributed by atoms with Gasteiger partial charge in [-0.1, -0.05) is 23.2 Å². The third kappa shape index (κ3) is 3.55. The zero-order valence-electron chi connectivity index (χ0n) is 11.6. The molecule has 0 atom stereocenters. The molecular formula is C13H12Cl2N2O4S. The number of ether oxygens (including phenoxy) is 2. The van der Waals surface area contributed by atoms with Gasteiger partial charge in [0.05, 0.1) is 24.9 Å². The number of halogens is 2. The zero-order chi connectivity index (χ0) is 16.3. The molecule has 0 amide bonds. The van der Waals surface area contributed by atoms with Gasteiger partial charge in [0.1, 0.15) is 21.5 Å². The predicted molar refractivity (Wildman–Crippen MR) is 84.6 cm³/mol. The van der Waals surface area contributed by atoms with E-state index in [4.69, 9.17) is 32.7 Å². The number of sulfonamides is 1. The van der Waals surface area contributed by atoms with Crippen LogP contribution in [0.15, 0.2) is 35.4 Å². The van der Waals surface area contributed by atoms with Gasteiger partial charge in [0, 0.05) is 18.3 Å². The Bertz CT molecular complexity index is 779. The van der Waals surface area contributed by atoms with Crippen LogP contribution in [0.5, 0.6) is 11.5 Å². The molecule has 1 heterocycles. The van der Waals surface area contributed by atoms with Crippen molar-refractivity contribution in [1.29, 1.82) is 0 Å². The lowest BCUT2D eigenvalue weighted by Crippen LogP contribution is -2.14. The van der Waals surface area contributed by atoms with Gasteiger partial charge in [0.2, 0.25) is 0 Å². The van der Waals surface area contributed by atoms with Gasteiger partial charge in [-0.3, -0.25) is 4.72 Å². The Morgan fingerprint density at radius 2 is 1.77 bits per heavy atom. The summed E-state index contributed by atoms with van der Waals surface area (Å²) in [4.78, 5) is 3.71. The second kappa shape index (κ2) is 6.60. The molecule has 1 aromatic heterocycles. The highest BCUT2D eigenvalue weighted by molar-refractivity contribution is 7.92. The maximum absolute atomic E-state index is 12.3. The van der Waals surface area contributed by atoms with Crippen molar-refractivity contribution < 1.29 is 17.9 Å². The van der Waals surface area contributed by atoms with Gasteiger partial charge in [-0.25, -0.2) is 13.4 Å². The van der Waals surface area contributed by atoms with E-state index in [2.05, 4.69) is 9.71 Å². The molecular weight excluding hydrogens is 351 g/mol. The number of benzene rings is 1. The first-order chi connectivity index (χ1) is 10.4. The van der Waals surface area contributed by atoms with Crippen molar-refractivity contribution in [1.82, 2.24) is 4.98 Å². The lowest BCUT2D eigenvalue weighted by molar-refractivity contribution is 0.405. The van der Waals surface area contributed by atoms with Gasteiger partial charge < -0.3 is 9.47 Å². The summed E-state index contributed by atoms with van der Waals surface area (Å²) in [6, 6.07) is 5.62. The van der Waals surface area contributed by atoms with E-state index in [-0.39, 0.29) is 21.5 Å². The molecule has 9 heteroatoms. The van der Waals surface area contributed by atoms with Crippen LogP contribution in [-0.2, 0) is 10.0 Å². The molecule has 118 valence electrons. The molecule has 22 heavy (non-hydrogen) atoms. The first-order valence-corrected chi connectivity index (χ1v) is 8.17. The molecule has 0 fully saturated rings. The van der Waals surface area contributed by atoms with E-state index >= 15 is 0 Å². The fourth-order valence-corrected chi connectivity index (χ4v) is 3.01. The van der Waals surface area contributed by atoms with Crippen molar-refractivity contribution in [2.24, 2.45) is 0 Å². The molecule has 0 bridgehead atoms. The number of anilines is 1. The number of rotatable bonds is 5. The van der Waals surface area contributed by atoms with Crippen molar-refractivity contribution >= 4 is 38.9 Å². The lowest BCUT2D eigenvalue weighted by atomic mass is 10.3. The van der Waals surface area contributed by atoms with Gasteiger partial charge in [-0.05, 0) is 12.1 Å². The molecule has 0 saturated carbocycles. The maximum atomic E-state index is 12.3. The predicted octanol–water partition coefficient (Wildman–Crippen LogP) is 3.21. The number of nitrogens with one attached hydrogen (secondary N) is 1. The van der Waals surface area contributed by atoms with Crippen molar-refractivity contribution in [3.8, 4) is 11.5 Å². The molecule has 0 radical (unpaired) electrons. The molecule has 0 aliphatic carbocycles. The number of hydrogen-bond acceptors (Lipinski definition) is 5. The minimum Gasteiger partial charge on any atom is -0.495 e. The van der Waals surface area contributed by atoms with Gasteiger partial charge in [-0.2, -0.15) is 0 Å². The molecule has 2 rings (SSSR count). The van der Waals surface area contributed by atoms with Gasteiger partial charge >= 0.3 is 0 Å². The summed E-state index contributed by atoms with van der Waals surface area (Å²) < 4.78 is 37.3. The second-order valence-corrected chi connectivity index (χ2v) is 6.59. The molecule has 2 aromatic rings. The van der Waals surface area contributed by atoms with Gasteiger partial charge in [0.15, 0.2) is 0 Å². The average Bonchev–Trinajstić information content (AvgIpc) is 2.48. The maximum Gasteiger partial charge on any atom is 0.263 e. The van der Waals surface area contributed by atoms with Gasteiger partial charge in [0.25, 0.3) is 10.0 Å². The Balaban J connectivity index is 2.42. The van der Waals surface area contributed by atoms with Crippen LogP contribution < -0.4 is 14.2 Å². The number of methoxy groups -OCH3 is 2. The fourth-order valence-electron chi connectivity index (χ4n) is 1.67. The average molecular weight is 363 g/mol. The number of hydrogen-bond donors (Lipinski definition) is 1. The van der Waals surface area contributed by atoms with E-state index in [0.29, 0.717) is 10.8 Å². The van der Waals surface area contributed by atoms with Crippen LogP contribution in [0.1, 0.15) is 0 Å². The standard InChI is InChI=1S/C13H12Cl2N2O4S/c1-20-11-6-10(12(21-2)5-9(11)14)17-22(18,19)8-3-4-13(15)16-7-8/h3-7,17H,1-2H3. The number of nitrogens with zero attached hydrogens (tertiary/aromatic N) is 1. The summed E-state index contributed by atoms with van der Waals surface area (Å²) in [5.41, 5.74) is 0.193. The third-order valence-electron chi connectivity index (χ3n) is 2.73. The summed E-state index contributed by atoms with van der Waals surface area (Å²) in [5.74, 6) is 0.575. The minimum atomic E-state index is -3.85. The number of aromatic nitrogens is 1. The van der Waals surface area contributed by atoms with E-state index in [1.54, 1.807) is 0 Å². The fraction of sp³-hybridized carbons (Fsp3) is 0.154. The highest BCUT2D eigenvalue weighted by Crippen LogP contribution is 2.36. The molecule has 0 aliphatic rings. The molecule has 0 spiro atoms. The van der Waals surface area contributed by atoms with E-state index < -0.39 is 10.0 Å². The van der Waals surface area contributed by atoms with Gasteiger partial charge in [-0.15, -0.1) is 0 Å². The molecule has 0 unspecified atom stereocenters. The Morgan fingerprint density at radius 3 is 2.32 bits per heavy atom. The van der Waals surface area contributed by atoms with Crippen molar-refractivity contribution in [3.63, 3.8) is 0 Å². The summed E-state index contributed by atoms with van der Waals surface area (Å²) in [6.45, 7) is 0. The normalized spacial score (nSPS) is 11.1. The Labute approximate surface area is 138 Å². The van der Waals surface area contributed by atoms with E-state index in [1.165, 1.54) is 38.5 Å². The molecule has 6 nitrogen and oxygen atoms in total. The summed E-state index contributed by atoms with van der Waals surface area (Å²) in [6.07, 6.45) is 1.16. The quantitative estimate of drug-likeness (QED) is 0.826. The summed E-state index contributed by atoms with van der Waals surface area (Å²) in [7, 11) is -1.02.